The number of likely N-dealkylation sites (tertiary alicyclic amines) is 1. The number of carbonyl (C=O) groups is 3. The molecule has 0 radical (unpaired) electrons. The average Bonchev–Trinajstić information content (AvgIpc) is 4.38. The number of methoxy groups -OCH3 is 1. The number of carbonyl (C=O) groups excluding carboxylic acids is 3. The van der Waals surface area contributed by atoms with Crippen molar-refractivity contribution in [1.29, 1.82) is 0 Å². The fourth-order valence-corrected chi connectivity index (χ4v) is 9.75. The van der Waals surface area contributed by atoms with Crippen LogP contribution >= 0.6 is 0 Å². The minimum Gasteiger partial charge on any atom is -0.469 e. The van der Waals surface area contributed by atoms with Crippen LogP contribution in [0.1, 0.15) is 141 Å². The highest BCUT2D eigenvalue weighted by molar-refractivity contribution is 5.78. The quantitative estimate of drug-likeness (QED) is 0.0344. The van der Waals surface area contributed by atoms with Crippen molar-refractivity contribution in [3.8, 4) is 17.5 Å². The fraction of sp³-hybridized carbons (Fsp3) is 0.526. The molecule has 19 nitrogen and oxygen atoms in total. The van der Waals surface area contributed by atoms with Gasteiger partial charge in [-0.25, -0.2) is 55.3 Å². The van der Waals surface area contributed by atoms with Crippen molar-refractivity contribution in [1.82, 2.24) is 49.2 Å². The molecule has 1 amide bonds. The van der Waals surface area contributed by atoms with E-state index in [0.29, 0.717) is 117 Å². The molecule has 0 atom stereocenters. The number of amides is 1. The first-order chi connectivity index (χ1) is 39.1. The molecule has 4 aliphatic rings. The van der Waals surface area contributed by atoms with Crippen LogP contribution in [0.4, 0.5) is 43.8 Å². The predicted octanol–water partition coefficient (Wildman–Crippen LogP) is 10.0. The molecule has 0 unspecified atom stereocenters. The summed E-state index contributed by atoms with van der Waals surface area (Å²) in [7, 11) is 1.37. The van der Waals surface area contributed by atoms with E-state index in [2.05, 4.69) is 50.9 Å². The lowest BCUT2D eigenvalue weighted by Crippen LogP contribution is -2.32. The summed E-state index contributed by atoms with van der Waals surface area (Å²) in [5.41, 5.74) is 9.83. The van der Waals surface area contributed by atoms with Gasteiger partial charge in [-0.2, -0.15) is 15.3 Å². The van der Waals surface area contributed by atoms with E-state index in [0.717, 1.165) is 41.9 Å². The van der Waals surface area contributed by atoms with E-state index < -0.39 is 17.8 Å². The molecule has 10 rings (SSSR count). The Hall–Kier alpha value is -7.41. The van der Waals surface area contributed by atoms with Crippen molar-refractivity contribution in [3.05, 3.63) is 107 Å². The molecule has 6 N–H and O–H groups in total. The molecule has 4 fully saturated rings. The van der Waals surface area contributed by atoms with Crippen molar-refractivity contribution in [2.75, 3.05) is 36.1 Å². The zero-order chi connectivity index (χ0) is 59.0. The molecule has 7 heterocycles. The Bertz CT molecular complexity index is 3030. The Morgan fingerprint density at radius 1 is 0.659 bits per heavy atom. The van der Waals surface area contributed by atoms with Gasteiger partial charge in [0.05, 0.1) is 30.8 Å². The van der Waals surface area contributed by atoms with E-state index in [9.17, 15) is 45.8 Å². The molecular weight excluding hydrogens is 1070 g/mol. The fourth-order valence-electron chi connectivity index (χ4n) is 9.75. The number of hydrogen-bond donors (Lipinski definition) is 5. The highest BCUT2D eigenvalue weighted by Gasteiger charge is 2.37. The van der Waals surface area contributed by atoms with Crippen LogP contribution in [0.3, 0.4) is 0 Å². The molecule has 25 heteroatoms. The smallest absolute Gasteiger partial charge is 0.305 e. The maximum absolute atomic E-state index is 13.4. The van der Waals surface area contributed by atoms with Gasteiger partial charge in [-0.15, -0.1) is 0 Å². The summed E-state index contributed by atoms with van der Waals surface area (Å²) >= 11 is 0. The summed E-state index contributed by atoms with van der Waals surface area (Å²) < 4.78 is 89.1. The van der Waals surface area contributed by atoms with Crippen molar-refractivity contribution < 1.29 is 50.6 Å². The number of aliphatic hydroxyl groups is 1. The summed E-state index contributed by atoms with van der Waals surface area (Å²) in [6.07, 6.45) is 10.5. The number of pyridine rings is 3. The topological polar surface area (TPSA) is 238 Å². The molecule has 0 aromatic carbocycles. The van der Waals surface area contributed by atoms with Gasteiger partial charge in [-0.05, 0) is 144 Å². The normalized spacial score (nSPS) is 17.8. The summed E-state index contributed by atoms with van der Waals surface area (Å²) in [4.78, 5) is 48.8. The second-order valence-corrected chi connectivity index (χ2v) is 21.3. The molecule has 82 heavy (non-hydrogen) atoms. The van der Waals surface area contributed by atoms with Gasteiger partial charge in [0, 0.05) is 107 Å². The first kappa shape index (κ1) is 62.2. The van der Waals surface area contributed by atoms with Gasteiger partial charge in [-0.3, -0.25) is 14.4 Å². The van der Waals surface area contributed by atoms with Crippen LogP contribution in [0.15, 0.2) is 73.2 Å². The third kappa shape index (κ3) is 19.1. The number of halogens is 6. The van der Waals surface area contributed by atoms with Crippen LogP contribution in [-0.2, 0) is 27.5 Å². The standard InChI is InChI=1S/C20H25F2N5O.C16H20F2N4O.C16H18F2N4O.C5H11NO2/c1-14-6-10-27(25-14)18-12-15(13-26-9-2-3-19(26)28)11-17(24-18)23-16-4-7-20(21,22)8-5-16;2*1-11-4-7-22(21-11)15-9-12(10-23)8-14(20-15)19-13-2-5-16(17,18)6-3-13;1-8-5(7)3-2-4-6/h6,10-12,16H,2-5,7-9,13H2,1H3,(H,23,24);4,7-9,13,23H,2-3,5-6,10H2,1H3,(H,19,20);4,7-10,13H,2-3,5-6H2,1H3,(H,19,20);2-4,6H2,1H3. The van der Waals surface area contributed by atoms with Gasteiger partial charge >= 0.3 is 5.97 Å². The van der Waals surface area contributed by atoms with Gasteiger partial charge in [0.2, 0.25) is 23.7 Å². The lowest BCUT2D eigenvalue weighted by atomic mass is 9.92. The van der Waals surface area contributed by atoms with E-state index >= 15 is 0 Å². The molecule has 6 aromatic rings. The number of aliphatic hydroxyl groups excluding tert-OH is 1. The number of anilines is 3. The van der Waals surface area contributed by atoms with Crippen molar-refractivity contribution in [2.45, 2.75) is 173 Å². The largest absolute Gasteiger partial charge is 0.469 e. The van der Waals surface area contributed by atoms with Crippen LogP contribution in [0, 0.1) is 20.8 Å². The van der Waals surface area contributed by atoms with Crippen LogP contribution in [-0.4, -0.2) is 129 Å². The summed E-state index contributed by atoms with van der Waals surface area (Å²) in [6, 6.07) is 16.1. The van der Waals surface area contributed by atoms with Gasteiger partial charge in [0.25, 0.3) is 0 Å². The predicted molar refractivity (Wildman–Crippen MR) is 297 cm³/mol. The molecular formula is C57H74F6N14O5. The maximum Gasteiger partial charge on any atom is 0.305 e. The summed E-state index contributed by atoms with van der Waals surface area (Å²) in [5, 5.41) is 32.1. The van der Waals surface area contributed by atoms with Crippen LogP contribution in [0.2, 0.25) is 0 Å². The van der Waals surface area contributed by atoms with Gasteiger partial charge in [-0.1, -0.05) is 0 Å². The molecule has 6 aromatic heterocycles. The zero-order valence-corrected chi connectivity index (χ0v) is 46.8. The average molecular weight is 1150 g/mol. The Morgan fingerprint density at radius 2 is 1.06 bits per heavy atom. The van der Waals surface area contributed by atoms with Gasteiger partial charge < -0.3 is 36.4 Å². The van der Waals surface area contributed by atoms with Crippen LogP contribution in [0.5, 0.6) is 0 Å². The lowest BCUT2D eigenvalue weighted by molar-refractivity contribution is -0.140. The second kappa shape index (κ2) is 28.5. The number of nitrogens with one attached hydrogen (secondary N) is 3. The van der Waals surface area contributed by atoms with Crippen molar-refractivity contribution in [2.24, 2.45) is 5.73 Å². The van der Waals surface area contributed by atoms with Crippen molar-refractivity contribution in [3.63, 3.8) is 0 Å². The number of rotatable bonds is 16. The Labute approximate surface area is 472 Å². The molecule has 3 saturated carbocycles. The first-order valence-electron chi connectivity index (χ1n) is 27.7. The van der Waals surface area contributed by atoms with E-state index in [1.165, 1.54) is 7.11 Å². The van der Waals surface area contributed by atoms with E-state index in [1.807, 2.05) is 62.2 Å². The minimum atomic E-state index is -2.56. The monoisotopic (exact) mass is 1150 g/mol. The maximum atomic E-state index is 13.4. The second-order valence-electron chi connectivity index (χ2n) is 21.3. The van der Waals surface area contributed by atoms with Crippen LogP contribution in [0.25, 0.3) is 17.5 Å². The molecule has 0 bridgehead atoms. The van der Waals surface area contributed by atoms with Crippen LogP contribution < -0.4 is 21.7 Å². The lowest BCUT2D eigenvalue weighted by Gasteiger charge is -2.29. The van der Waals surface area contributed by atoms with E-state index in [-0.39, 0.29) is 75.1 Å². The number of esters is 1. The van der Waals surface area contributed by atoms with E-state index in [1.54, 1.807) is 50.7 Å². The number of nitrogens with two attached hydrogens (primary N) is 1. The van der Waals surface area contributed by atoms with Crippen molar-refractivity contribution >= 4 is 35.6 Å². The third-order valence-corrected chi connectivity index (χ3v) is 14.3. The number of aryl methyl sites for hydroxylation is 3. The Balaban J connectivity index is 0.000000167. The first-order valence-corrected chi connectivity index (χ1v) is 27.7. The summed E-state index contributed by atoms with van der Waals surface area (Å²) in [6.45, 7) is 7.37. The number of alkyl halides is 6. The molecule has 1 aliphatic heterocycles. The number of hydrogen-bond acceptors (Lipinski definition) is 15. The van der Waals surface area contributed by atoms with E-state index in [4.69, 9.17) is 5.73 Å². The van der Waals surface area contributed by atoms with Gasteiger partial charge in [0.1, 0.15) is 23.7 Å². The molecule has 1 saturated heterocycles. The zero-order valence-electron chi connectivity index (χ0n) is 46.8. The van der Waals surface area contributed by atoms with Gasteiger partial charge in [0.15, 0.2) is 17.5 Å². The SMILES string of the molecule is COC(=O)CCCN.Cc1ccn(-c2cc(C=O)cc(NC3CCC(F)(F)CC3)n2)n1.Cc1ccn(-c2cc(CN3CCCC3=O)cc(NC3CCC(F)(F)CC3)n2)n1.Cc1ccn(-c2cc(CO)cc(NC3CCC(F)(F)CC3)n2)n1. The highest BCUT2D eigenvalue weighted by atomic mass is 19.3. The minimum absolute atomic E-state index is 0.0247. The molecule has 3 aliphatic carbocycles. The highest BCUT2D eigenvalue weighted by Crippen LogP contribution is 2.37. The molecule has 444 valence electrons. The number of aldehydes is 1. The third-order valence-electron chi connectivity index (χ3n) is 14.3. The number of nitrogens with zero attached hydrogens (tertiary/aromatic N) is 10. The molecule has 0 spiro atoms. The Kier molecular flexibility index (Phi) is 21.6. The Morgan fingerprint density at radius 3 is 1.41 bits per heavy atom. The summed E-state index contributed by atoms with van der Waals surface area (Å²) in [5.74, 6) is -4.19. The number of aromatic nitrogens is 9. The number of ether oxygens (including phenoxy) is 1.